The van der Waals surface area contributed by atoms with Crippen molar-refractivity contribution in [2.24, 2.45) is 17.8 Å². The fourth-order valence-corrected chi connectivity index (χ4v) is 4.08. The summed E-state index contributed by atoms with van der Waals surface area (Å²) < 4.78 is 0. The van der Waals surface area contributed by atoms with E-state index in [4.69, 9.17) is 0 Å². The maximum Gasteiger partial charge on any atom is 0.315 e. The molecular weight excluding hydrogens is 250 g/mol. The van der Waals surface area contributed by atoms with Crippen LogP contribution in [0.25, 0.3) is 0 Å². The van der Waals surface area contributed by atoms with Crippen LogP contribution in [0.3, 0.4) is 0 Å². The summed E-state index contributed by atoms with van der Waals surface area (Å²) in [5.41, 5.74) is 0. The van der Waals surface area contributed by atoms with Crippen LogP contribution in [-0.2, 0) is 0 Å². The second kappa shape index (κ2) is 6.79. The minimum absolute atomic E-state index is 0.0352. The van der Waals surface area contributed by atoms with Gasteiger partial charge in [-0.1, -0.05) is 32.1 Å². The quantitative estimate of drug-likeness (QED) is 0.739. The molecular formula is C16H29N3O. The highest BCUT2D eigenvalue weighted by Gasteiger charge is 2.42. The third-order valence-corrected chi connectivity index (χ3v) is 5.39. The summed E-state index contributed by atoms with van der Waals surface area (Å²) in [6.45, 7) is 2.89. The summed E-state index contributed by atoms with van der Waals surface area (Å²) in [4.78, 5) is 11.9. The monoisotopic (exact) mass is 279 g/mol. The molecule has 4 nitrogen and oxygen atoms in total. The molecule has 1 saturated heterocycles. The lowest BCUT2D eigenvalue weighted by Crippen LogP contribution is -2.49. The molecule has 0 radical (unpaired) electrons. The molecule has 4 heteroatoms. The average molecular weight is 279 g/mol. The Morgan fingerprint density at radius 3 is 2.70 bits per heavy atom. The zero-order chi connectivity index (χ0) is 13.8. The van der Waals surface area contributed by atoms with E-state index < -0.39 is 0 Å². The molecule has 3 atom stereocenters. The predicted molar refractivity (Wildman–Crippen MR) is 80.6 cm³/mol. The van der Waals surface area contributed by atoms with Gasteiger partial charge in [-0.05, 0) is 43.6 Å². The van der Waals surface area contributed by atoms with Crippen LogP contribution in [-0.4, -0.2) is 31.7 Å². The summed E-state index contributed by atoms with van der Waals surface area (Å²) in [5, 5.41) is 9.49. The smallest absolute Gasteiger partial charge is 0.315 e. The minimum Gasteiger partial charge on any atom is -0.338 e. The molecule has 2 saturated carbocycles. The number of amides is 2. The molecule has 0 spiro atoms. The van der Waals surface area contributed by atoms with Gasteiger partial charge < -0.3 is 16.0 Å². The summed E-state index contributed by atoms with van der Waals surface area (Å²) in [5.74, 6) is 2.63. The van der Waals surface area contributed by atoms with Crippen molar-refractivity contribution in [1.29, 1.82) is 0 Å². The summed E-state index contributed by atoms with van der Waals surface area (Å²) in [7, 11) is 0. The van der Waals surface area contributed by atoms with Crippen LogP contribution in [0.2, 0.25) is 0 Å². The van der Waals surface area contributed by atoms with Crippen molar-refractivity contribution in [1.82, 2.24) is 16.0 Å². The Hall–Kier alpha value is -0.770. The van der Waals surface area contributed by atoms with Crippen molar-refractivity contribution in [3.8, 4) is 0 Å². The molecule has 1 heterocycles. The second-order valence-corrected chi connectivity index (χ2v) is 6.96. The van der Waals surface area contributed by atoms with Gasteiger partial charge in [-0.3, -0.25) is 0 Å². The average Bonchev–Trinajstić information content (AvgIpc) is 3.27. The molecule has 0 aromatic rings. The fraction of sp³-hybridized carbons (Fsp3) is 0.938. The lowest BCUT2D eigenvalue weighted by molar-refractivity contribution is 0.232. The van der Waals surface area contributed by atoms with Crippen LogP contribution in [0, 0.1) is 17.8 Å². The first-order chi connectivity index (χ1) is 9.83. The van der Waals surface area contributed by atoms with Crippen molar-refractivity contribution < 1.29 is 4.79 Å². The van der Waals surface area contributed by atoms with Gasteiger partial charge in [0.25, 0.3) is 0 Å². The van der Waals surface area contributed by atoms with Crippen LogP contribution in [0.15, 0.2) is 0 Å². The molecule has 2 aliphatic carbocycles. The van der Waals surface area contributed by atoms with E-state index in [1.54, 1.807) is 0 Å². The molecule has 0 unspecified atom stereocenters. The Labute approximate surface area is 122 Å². The van der Waals surface area contributed by atoms with Crippen molar-refractivity contribution in [3.63, 3.8) is 0 Å². The third-order valence-electron chi connectivity index (χ3n) is 5.39. The van der Waals surface area contributed by atoms with Gasteiger partial charge in [0.2, 0.25) is 0 Å². The van der Waals surface area contributed by atoms with Crippen molar-refractivity contribution >= 4 is 6.03 Å². The van der Waals surface area contributed by atoms with E-state index in [1.165, 1.54) is 38.5 Å². The van der Waals surface area contributed by atoms with Crippen molar-refractivity contribution in [2.45, 2.75) is 57.4 Å². The Kier molecular flexibility index (Phi) is 4.81. The molecule has 3 fully saturated rings. The van der Waals surface area contributed by atoms with Gasteiger partial charge in [0.15, 0.2) is 0 Å². The normalized spacial score (nSPS) is 34.5. The molecule has 3 rings (SSSR count). The van der Waals surface area contributed by atoms with E-state index in [0.717, 1.165) is 50.2 Å². The summed E-state index contributed by atoms with van der Waals surface area (Å²) in [6.07, 6.45) is 10.8. The minimum atomic E-state index is 0.0352. The Morgan fingerprint density at radius 1 is 1.10 bits per heavy atom. The van der Waals surface area contributed by atoms with E-state index in [0.29, 0.717) is 6.04 Å². The number of piperidine rings is 1. The number of carbonyl (C=O) groups excluding carboxylic acids is 1. The van der Waals surface area contributed by atoms with E-state index in [2.05, 4.69) is 16.0 Å². The molecule has 0 bridgehead atoms. The highest BCUT2D eigenvalue weighted by molar-refractivity contribution is 5.74. The van der Waals surface area contributed by atoms with Crippen LogP contribution in [0.4, 0.5) is 4.79 Å². The maximum absolute atomic E-state index is 11.9. The number of rotatable bonds is 4. The van der Waals surface area contributed by atoms with E-state index in [9.17, 15) is 4.79 Å². The third kappa shape index (κ3) is 3.87. The first-order valence-electron chi connectivity index (χ1n) is 8.58. The Bertz CT molecular complexity index is 322. The standard InChI is InChI=1S/C16H29N3O/c20-16(19-14-7-4-8-17-11-14)18-10-13-9-15(13)12-5-2-1-3-6-12/h12-15,17H,1-11H2,(H2,18,19,20)/t13-,14+,15-/m0/s1. The summed E-state index contributed by atoms with van der Waals surface area (Å²) in [6, 6.07) is 0.352. The molecule has 0 aromatic heterocycles. The number of hydrogen-bond donors (Lipinski definition) is 3. The number of carbonyl (C=O) groups is 1. The zero-order valence-corrected chi connectivity index (χ0v) is 12.5. The van der Waals surface area contributed by atoms with Crippen LogP contribution in [0.1, 0.15) is 51.4 Å². The topological polar surface area (TPSA) is 53.2 Å². The van der Waals surface area contributed by atoms with Crippen LogP contribution in [0.5, 0.6) is 0 Å². The lowest BCUT2D eigenvalue weighted by Gasteiger charge is -2.24. The van der Waals surface area contributed by atoms with E-state index >= 15 is 0 Å². The zero-order valence-electron chi connectivity index (χ0n) is 12.5. The number of nitrogens with one attached hydrogen (secondary N) is 3. The predicted octanol–water partition coefficient (Wildman–Crippen LogP) is 2.25. The van der Waals surface area contributed by atoms with E-state index in [1.807, 2.05) is 0 Å². The van der Waals surface area contributed by atoms with Gasteiger partial charge in [0.1, 0.15) is 0 Å². The van der Waals surface area contributed by atoms with Gasteiger partial charge in [-0.15, -0.1) is 0 Å². The second-order valence-electron chi connectivity index (χ2n) is 6.96. The highest BCUT2D eigenvalue weighted by Crippen LogP contribution is 2.48. The van der Waals surface area contributed by atoms with Crippen molar-refractivity contribution in [3.05, 3.63) is 0 Å². The van der Waals surface area contributed by atoms with Crippen LogP contribution < -0.4 is 16.0 Å². The Morgan fingerprint density at radius 2 is 1.95 bits per heavy atom. The molecule has 3 aliphatic rings. The number of urea groups is 1. The maximum atomic E-state index is 11.9. The first kappa shape index (κ1) is 14.2. The molecule has 20 heavy (non-hydrogen) atoms. The van der Waals surface area contributed by atoms with E-state index in [-0.39, 0.29) is 6.03 Å². The number of hydrogen-bond acceptors (Lipinski definition) is 2. The molecule has 114 valence electrons. The largest absolute Gasteiger partial charge is 0.338 e. The molecule has 3 N–H and O–H groups in total. The summed E-state index contributed by atoms with van der Waals surface area (Å²) >= 11 is 0. The fourth-order valence-electron chi connectivity index (χ4n) is 4.08. The first-order valence-corrected chi connectivity index (χ1v) is 8.58. The molecule has 2 amide bonds. The lowest BCUT2D eigenvalue weighted by atomic mass is 9.85. The van der Waals surface area contributed by atoms with Crippen molar-refractivity contribution in [2.75, 3.05) is 19.6 Å². The van der Waals surface area contributed by atoms with Gasteiger partial charge in [0.05, 0.1) is 0 Å². The van der Waals surface area contributed by atoms with Gasteiger partial charge in [0, 0.05) is 19.1 Å². The van der Waals surface area contributed by atoms with Crippen LogP contribution >= 0.6 is 0 Å². The molecule has 0 aromatic carbocycles. The van der Waals surface area contributed by atoms with Gasteiger partial charge in [-0.25, -0.2) is 4.79 Å². The van der Waals surface area contributed by atoms with Gasteiger partial charge in [-0.2, -0.15) is 0 Å². The Balaban J connectivity index is 1.30. The molecule has 1 aliphatic heterocycles. The SMILES string of the molecule is O=C(NC[C@@H]1C[C@H]1C1CCCCC1)N[C@@H]1CCCNC1. The highest BCUT2D eigenvalue weighted by atomic mass is 16.2. The van der Waals surface area contributed by atoms with Gasteiger partial charge >= 0.3 is 6.03 Å².